The molecule has 3 rings (SSSR count). The van der Waals surface area contributed by atoms with Crippen LogP contribution < -0.4 is 10.6 Å². The van der Waals surface area contributed by atoms with Crippen molar-refractivity contribution in [2.24, 2.45) is 0 Å². The van der Waals surface area contributed by atoms with Gasteiger partial charge in [-0.15, -0.1) is 10.2 Å². The third-order valence-corrected chi connectivity index (χ3v) is 3.88. The number of halogens is 1. The highest BCUT2D eigenvalue weighted by Crippen LogP contribution is 2.23. The molecule has 6 heteroatoms. The van der Waals surface area contributed by atoms with Crippen molar-refractivity contribution in [1.82, 2.24) is 10.2 Å². The first kappa shape index (κ1) is 16.9. The average molecular weight is 353 g/mol. The Hall–Kier alpha value is -2.92. The fourth-order valence-electron chi connectivity index (χ4n) is 2.27. The van der Waals surface area contributed by atoms with Crippen LogP contribution >= 0.6 is 11.6 Å². The molecule has 5 nitrogen and oxygen atoms in total. The summed E-state index contributed by atoms with van der Waals surface area (Å²) in [6, 6.07) is 20.7. The zero-order valence-corrected chi connectivity index (χ0v) is 14.2. The van der Waals surface area contributed by atoms with E-state index in [0.29, 0.717) is 29.5 Å². The topological polar surface area (TPSA) is 66.9 Å². The second-order valence-corrected chi connectivity index (χ2v) is 5.85. The summed E-state index contributed by atoms with van der Waals surface area (Å²) in [5.41, 5.74) is 1.88. The molecule has 0 saturated carbocycles. The van der Waals surface area contributed by atoms with Crippen molar-refractivity contribution in [2.45, 2.75) is 12.8 Å². The van der Waals surface area contributed by atoms with E-state index in [0.717, 1.165) is 11.3 Å². The van der Waals surface area contributed by atoms with Crippen LogP contribution in [0.2, 0.25) is 5.02 Å². The number of hydrogen-bond donors (Lipinski definition) is 2. The van der Waals surface area contributed by atoms with E-state index in [1.807, 2.05) is 48.5 Å². The van der Waals surface area contributed by atoms with Crippen molar-refractivity contribution < 1.29 is 4.79 Å². The second kappa shape index (κ2) is 8.26. The summed E-state index contributed by atoms with van der Waals surface area (Å²) >= 11 is 6.09. The number of benzene rings is 2. The number of nitrogens with one attached hydrogen (secondary N) is 2. The lowest BCUT2D eigenvalue weighted by Crippen LogP contribution is -2.14. The summed E-state index contributed by atoms with van der Waals surface area (Å²) in [5.74, 6) is 0.878. The van der Waals surface area contributed by atoms with Gasteiger partial charge in [0.05, 0.1) is 10.7 Å². The van der Waals surface area contributed by atoms with Crippen molar-refractivity contribution >= 4 is 34.8 Å². The molecule has 126 valence electrons. The Morgan fingerprint density at radius 3 is 2.28 bits per heavy atom. The number of nitrogens with zero attached hydrogens (tertiary/aromatic N) is 2. The SMILES string of the molecule is O=C(CCc1ccccc1)Nc1ccc(Nc2ccccc2Cl)nn1. The van der Waals surface area contributed by atoms with Crippen LogP contribution in [0.3, 0.4) is 0 Å². The molecule has 2 aromatic carbocycles. The lowest BCUT2D eigenvalue weighted by molar-refractivity contribution is -0.116. The summed E-state index contributed by atoms with van der Waals surface area (Å²) in [6.45, 7) is 0. The van der Waals surface area contributed by atoms with E-state index >= 15 is 0 Å². The van der Waals surface area contributed by atoms with Gasteiger partial charge in [-0.3, -0.25) is 4.79 Å². The molecule has 0 aliphatic carbocycles. The van der Waals surface area contributed by atoms with E-state index in [1.54, 1.807) is 18.2 Å². The number of carbonyl (C=O) groups excluding carboxylic acids is 1. The maximum absolute atomic E-state index is 12.0. The molecule has 0 fully saturated rings. The zero-order chi connectivity index (χ0) is 17.5. The number of carbonyl (C=O) groups is 1. The highest BCUT2D eigenvalue weighted by atomic mass is 35.5. The predicted octanol–water partition coefficient (Wildman–Crippen LogP) is 4.44. The van der Waals surface area contributed by atoms with Crippen LogP contribution in [0.25, 0.3) is 0 Å². The lowest BCUT2D eigenvalue weighted by atomic mass is 10.1. The summed E-state index contributed by atoms with van der Waals surface area (Å²) in [5, 5.41) is 14.5. The number of aryl methyl sites for hydroxylation is 1. The maximum atomic E-state index is 12.0. The average Bonchev–Trinajstić information content (AvgIpc) is 2.64. The lowest BCUT2D eigenvalue weighted by Gasteiger charge is -2.08. The van der Waals surface area contributed by atoms with Crippen LogP contribution in [0.1, 0.15) is 12.0 Å². The molecule has 0 aliphatic rings. The second-order valence-electron chi connectivity index (χ2n) is 5.44. The van der Waals surface area contributed by atoms with Gasteiger partial charge >= 0.3 is 0 Å². The molecule has 0 spiro atoms. The van der Waals surface area contributed by atoms with Gasteiger partial charge in [0, 0.05) is 6.42 Å². The fourth-order valence-corrected chi connectivity index (χ4v) is 2.46. The molecule has 0 saturated heterocycles. The van der Waals surface area contributed by atoms with Crippen LogP contribution in [0, 0.1) is 0 Å². The van der Waals surface area contributed by atoms with Crippen LogP contribution in [0.5, 0.6) is 0 Å². The Morgan fingerprint density at radius 1 is 0.880 bits per heavy atom. The van der Waals surface area contributed by atoms with Gasteiger partial charge in [-0.1, -0.05) is 54.1 Å². The smallest absolute Gasteiger partial charge is 0.225 e. The molecule has 3 aromatic rings. The molecule has 2 N–H and O–H groups in total. The highest BCUT2D eigenvalue weighted by Gasteiger charge is 2.06. The number of anilines is 3. The first-order valence-electron chi connectivity index (χ1n) is 7.90. The van der Waals surface area contributed by atoms with Crippen molar-refractivity contribution in [3.8, 4) is 0 Å². The molecule has 1 amide bonds. The Balaban J connectivity index is 1.53. The summed E-state index contributed by atoms with van der Waals surface area (Å²) < 4.78 is 0. The van der Waals surface area contributed by atoms with Crippen LogP contribution in [0.4, 0.5) is 17.3 Å². The zero-order valence-electron chi connectivity index (χ0n) is 13.4. The predicted molar refractivity (Wildman–Crippen MR) is 100 cm³/mol. The van der Waals surface area contributed by atoms with E-state index in [-0.39, 0.29) is 5.91 Å². The van der Waals surface area contributed by atoms with Gasteiger partial charge in [0.2, 0.25) is 5.91 Å². The third kappa shape index (κ3) is 5.02. The van der Waals surface area contributed by atoms with E-state index in [1.165, 1.54) is 0 Å². The monoisotopic (exact) mass is 352 g/mol. The van der Waals surface area contributed by atoms with E-state index in [2.05, 4.69) is 20.8 Å². The molecule has 1 heterocycles. The highest BCUT2D eigenvalue weighted by molar-refractivity contribution is 6.33. The Bertz CT molecular complexity index is 838. The van der Waals surface area contributed by atoms with Crippen molar-refractivity contribution in [1.29, 1.82) is 0 Å². The van der Waals surface area contributed by atoms with Crippen LogP contribution in [-0.2, 0) is 11.2 Å². The van der Waals surface area contributed by atoms with Crippen molar-refractivity contribution in [2.75, 3.05) is 10.6 Å². The van der Waals surface area contributed by atoms with Gasteiger partial charge in [-0.25, -0.2) is 0 Å². The standard InChI is InChI=1S/C19H17ClN4O/c20-15-8-4-5-9-16(15)21-17-11-12-18(24-23-17)22-19(25)13-10-14-6-2-1-3-7-14/h1-9,11-12H,10,13H2,(H,21,23)(H,22,24,25). The Labute approximate surface area is 151 Å². The van der Waals surface area contributed by atoms with Gasteiger partial charge in [0.25, 0.3) is 0 Å². The fraction of sp³-hybridized carbons (Fsp3) is 0.105. The minimum atomic E-state index is -0.0926. The van der Waals surface area contributed by atoms with Gasteiger partial charge in [0.15, 0.2) is 11.6 Å². The van der Waals surface area contributed by atoms with E-state index < -0.39 is 0 Å². The number of aromatic nitrogens is 2. The van der Waals surface area contributed by atoms with Crippen LogP contribution in [0.15, 0.2) is 66.7 Å². The number of para-hydroxylation sites is 1. The van der Waals surface area contributed by atoms with Gasteiger partial charge in [-0.2, -0.15) is 0 Å². The quantitative estimate of drug-likeness (QED) is 0.688. The summed E-state index contributed by atoms with van der Waals surface area (Å²) in [4.78, 5) is 12.0. The van der Waals surface area contributed by atoms with Gasteiger partial charge < -0.3 is 10.6 Å². The molecule has 0 unspecified atom stereocenters. The summed E-state index contributed by atoms with van der Waals surface area (Å²) in [6.07, 6.45) is 1.08. The molecule has 0 atom stereocenters. The molecular weight excluding hydrogens is 336 g/mol. The van der Waals surface area contributed by atoms with E-state index in [9.17, 15) is 4.79 Å². The summed E-state index contributed by atoms with van der Waals surface area (Å²) in [7, 11) is 0. The number of hydrogen-bond acceptors (Lipinski definition) is 4. The molecule has 0 aliphatic heterocycles. The molecule has 25 heavy (non-hydrogen) atoms. The van der Waals surface area contributed by atoms with Gasteiger partial charge in [0.1, 0.15) is 0 Å². The molecule has 0 bridgehead atoms. The normalized spacial score (nSPS) is 10.3. The maximum Gasteiger partial charge on any atom is 0.225 e. The van der Waals surface area contributed by atoms with Crippen LogP contribution in [-0.4, -0.2) is 16.1 Å². The van der Waals surface area contributed by atoms with Crippen molar-refractivity contribution in [3.63, 3.8) is 0 Å². The first-order chi connectivity index (χ1) is 12.2. The molecular formula is C19H17ClN4O. The minimum Gasteiger partial charge on any atom is -0.338 e. The number of amides is 1. The van der Waals surface area contributed by atoms with E-state index in [4.69, 9.17) is 11.6 Å². The largest absolute Gasteiger partial charge is 0.338 e. The van der Waals surface area contributed by atoms with Gasteiger partial charge in [-0.05, 0) is 36.2 Å². The minimum absolute atomic E-state index is 0.0926. The molecule has 0 radical (unpaired) electrons. The molecule has 1 aromatic heterocycles. The number of rotatable bonds is 6. The first-order valence-corrected chi connectivity index (χ1v) is 8.27. The Kier molecular flexibility index (Phi) is 5.59. The Morgan fingerprint density at radius 2 is 1.56 bits per heavy atom. The van der Waals surface area contributed by atoms with Crippen molar-refractivity contribution in [3.05, 3.63) is 77.3 Å². The third-order valence-electron chi connectivity index (χ3n) is 3.55.